The van der Waals surface area contributed by atoms with Gasteiger partial charge in [-0.25, -0.2) is 4.79 Å². The zero-order valence-electron chi connectivity index (χ0n) is 21.1. The van der Waals surface area contributed by atoms with Gasteiger partial charge in [-0.05, 0) is 72.9 Å². The molecule has 7 nitrogen and oxygen atoms in total. The second-order valence-electron chi connectivity index (χ2n) is 9.31. The number of urea groups is 1. The first kappa shape index (κ1) is 25.1. The summed E-state index contributed by atoms with van der Waals surface area (Å²) in [6.45, 7) is 8.78. The molecule has 0 aromatic heterocycles. The summed E-state index contributed by atoms with van der Waals surface area (Å²) in [6, 6.07) is 20.7. The number of fused-ring (bicyclic) bond motifs is 1. The fourth-order valence-electron chi connectivity index (χ4n) is 4.26. The smallest absolute Gasteiger partial charge is 0.323 e. The van der Waals surface area contributed by atoms with E-state index in [1.165, 1.54) is 11.1 Å². The van der Waals surface area contributed by atoms with Gasteiger partial charge in [0.05, 0.1) is 12.2 Å². The first-order valence-electron chi connectivity index (χ1n) is 12.5. The van der Waals surface area contributed by atoms with Gasteiger partial charge in [0.25, 0.3) is 5.91 Å². The van der Waals surface area contributed by atoms with Gasteiger partial charge in [-0.2, -0.15) is 0 Å². The number of amides is 3. The summed E-state index contributed by atoms with van der Waals surface area (Å²) in [7, 11) is 0. The Balaban J connectivity index is 1.52. The molecule has 188 valence electrons. The number of benzene rings is 3. The molecule has 36 heavy (non-hydrogen) atoms. The first-order valence-corrected chi connectivity index (χ1v) is 12.5. The molecule has 7 heteroatoms. The average Bonchev–Trinajstić information content (AvgIpc) is 2.88. The van der Waals surface area contributed by atoms with E-state index in [-0.39, 0.29) is 11.9 Å². The van der Waals surface area contributed by atoms with E-state index in [4.69, 9.17) is 4.74 Å². The number of anilines is 3. The average molecular weight is 487 g/mol. The molecule has 0 saturated heterocycles. The van der Waals surface area contributed by atoms with Crippen LogP contribution in [0.1, 0.15) is 42.3 Å². The van der Waals surface area contributed by atoms with E-state index in [1.54, 1.807) is 18.2 Å². The minimum atomic E-state index is -0.382. The van der Waals surface area contributed by atoms with Crippen LogP contribution in [-0.2, 0) is 13.0 Å². The molecular formula is C29H34N4O3. The maximum absolute atomic E-state index is 13.2. The van der Waals surface area contributed by atoms with Crippen LogP contribution in [0, 0.1) is 5.92 Å². The monoisotopic (exact) mass is 486 g/mol. The van der Waals surface area contributed by atoms with Crippen LogP contribution in [0.5, 0.6) is 5.75 Å². The lowest BCUT2D eigenvalue weighted by Crippen LogP contribution is -2.34. The summed E-state index contributed by atoms with van der Waals surface area (Å²) in [4.78, 5) is 28.1. The topological polar surface area (TPSA) is 82.7 Å². The minimum absolute atomic E-state index is 0.145. The number of nitrogens with one attached hydrogen (secondary N) is 3. The van der Waals surface area contributed by atoms with Gasteiger partial charge >= 0.3 is 6.03 Å². The standard InChI is InChI=1S/C29H34N4O3/c1-4-36-25-12-9-23(10-13-25)31-29(35)32-24-11-14-27(26(17-24)28(34)30-18-20(2)3)33-16-15-21-7-5-6-8-22(21)19-33/h5-14,17,20H,4,15-16,18-19H2,1-3H3,(H,30,34)(H2,31,32,35). The van der Waals surface area contributed by atoms with Gasteiger partial charge in [-0.1, -0.05) is 38.1 Å². The van der Waals surface area contributed by atoms with Crippen molar-refractivity contribution in [3.05, 3.63) is 83.4 Å². The highest BCUT2D eigenvalue weighted by molar-refractivity contribution is 6.04. The fraction of sp³-hybridized carbons (Fsp3) is 0.310. The summed E-state index contributed by atoms with van der Waals surface area (Å²) in [5.74, 6) is 0.935. The molecule has 0 radical (unpaired) electrons. The number of hydrogen-bond acceptors (Lipinski definition) is 4. The Labute approximate surface area is 212 Å². The van der Waals surface area contributed by atoms with Crippen LogP contribution in [0.15, 0.2) is 66.7 Å². The first-order chi connectivity index (χ1) is 17.4. The van der Waals surface area contributed by atoms with Crippen LogP contribution in [-0.4, -0.2) is 31.6 Å². The van der Waals surface area contributed by atoms with Crippen molar-refractivity contribution in [3.8, 4) is 5.75 Å². The third-order valence-electron chi connectivity index (χ3n) is 6.06. The quantitative estimate of drug-likeness (QED) is 0.383. The van der Waals surface area contributed by atoms with Gasteiger partial charge in [0.2, 0.25) is 0 Å². The molecule has 0 fully saturated rings. The molecule has 3 aromatic carbocycles. The second kappa shape index (κ2) is 11.6. The third-order valence-corrected chi connectivity index (χ3v) is 6.06. The molecule has 0 spiro atoms. The lowest BCUT2D eigenvalue weighted by molar-refractivity contribution is 0.0949. The highest BCUT2D eigenvalue weighted by Crippen LogP contribution is 2.30. The number of ether oxygens (including phenoxy) is 1. The van der Waals surface area contributed by atoms with Crippen molar-refractivity contribution < 1.29 is 14.3 Å². The van der Waals surface area contributed by atoms with Crippen LogP contribution >= 0.6 is 0 Å². The van der Waals surface area contributed by atoms with Gasteiger partial charge < -0.3 is 25.6 Å². The summed E-state index contributed by atoms with van der Waals surface area (Å²) in [5.41, 5.74) is 5.24. The zero-order chi connectivity index (χ0) is 25.5. The Morgan fingerprint density at radius 3 is 2.36 bits per heavy atom. The molecule has 1 aliphatic heterocycles. The van der Waals surface area contributed by atoms with Crippen molar-refractivity contribution in [1.29, 1.82) is 0 Å². The van der Waals surface area contributed by atoms with Crippen LogP contribution in [0.25, 0.3) is 0 Å². The number of hydrogen-bond donors (Lipinski definition) is 3. The van der Waals surface area contributed by atoms with Gasteiger partial charge in [0.1, 0.15) is 5.75 Å². The Morgan fingerprint density at radius 2 is 1.64 bits per heavy atom. The Kier molecular flexibility index (Phi) is 8.10. The zero-order valence-corrected chi connectivity index (χ0v) is 21.1. The number of carbonyl (C=O) groups excluding carboxylic acids is 2. The Hall–Kier alpha value is -4.00. The predicted octanol–water partition coefficient (Wildman–Crippen LogP) is 5.68. The summed E-state index contributed by atoms with van der Waals surface area (Å²) in [5, 5.41) is 8.70. The lowest BCUT2D eigenvalue weighted by atomic mass is 9.98. The number of carbonyl (C=O) groups is 2. The van der Waals surface area contributed by atoms with Crippen molar-refractivity contribution >= 4 is 29.0 Å². The van der Waals surface area contributed by atoms with Crippen LogP contribution in [0.3, 0.4) is 0 Å². The molecule has 4 rings (SSSR count). The Morgan fingerprint density at radius 1 is 0.944 bits per heavy atom. The van der Waals surface area contributed by atoms with Gasteiger partial charge in [-0.15, -0.1) is 0 Å². The van der Waals surface area contributed by atoms with Crippen molar-refractivity contribution in [2.45, 2.75) is 33.7 Å². The molecule has 3 N–H and O–H groups in total. The van der Waals surface area contributed by atoms with E-state index < -0.39 is 0 Å². The van der Waals surface area contributed by atoms with E-state index >= 15 is 0 Å². The van der Waals surface area contributed by atoms with Crippen LogP contribution in [0.4, 0.5) is 21.9 Å². The van der Waals surface area contributed by atoms with E-state index in [9.17, 15) is 9.59 Å². The maximum Gasteiger partial charge on any atom is 0.323 e. The molecule has 1 aliphatic rings. The normalized spacial score (nSPS) is 12.6. The number of nitrogens with zero attached hydrogens (tertiary/aromatic N) is 1. The highest BCUT2D eigenvalue weighted by Gasteiger charge is 2.22. The van der Waals surface area contributed by atoms with Crippen LogP contribution in [0.2, 0.25) is 0 Å². The van der Waals surface area contributed by atoms with Crippen molar-refractivity contribution in [3.63, 3.8) is 0 Å². The molecule has 0 bridgehead atoms. The van der Waals surface area contributed by atoms with E-state index in [0.717, 1.165) is 30.9 Å². The third kappa shape index (κ3) is 6.36. The summed E-state index contributed by atoms with van der Waals surface area (Å²) >= 11 is 0. The van der Waals surface area contributed by atoms with Crippen molar-refractivity contribution in [2.75, 3.05) is 35.2 Å². The highest BCUT2D eigenvalue weighted by atomic mass is 16.5. The van der Waals surface area contributed by atoms with Crippen LogP contribution < -0.4 is 25.6 Å². The Bertz CT molecular complexity index is 1210. The SMILES string of the molecule is CCOc1ccc(NC(=O)Nc2ccc(N3CCc4ccccc4C3)c(C(=O)NCC(C)C)c2)cc1. The molecular weight excluding hydrogens is 452 g/mol. The minimum Gasteiger partial charge on any atom is -0.494 e. The van der Waals surface area contributed by atoms with E-state index in [1.807, 2.05) is 31.2 Å². The molecule has 0 saturated carbocycles. The van der Waals surface area contributed by atoms with E-state index in [2.05, 4.69) is 59.0 Å². The predicted molar refractivity (Wildman–Crippen MR) is 145 cm³/mol. The maximum atomic E-state index is 13.2. The summed E-state index contributed by atoms with van der Waals surface area (Å²) < 4.78 is 5.44. The molecule has 1 heterocycles. The second-order valence-corrected chi connectivity index (χ2v) is 9.31. The van der Waals surface area contributed by atoms with E-state index in [0.29, 0.717) is 36.0 Å². The van der Waals surface area contributed by atoms with Crippen molar-refractivity contribution in [2.24, 2.45) is 5.92 Å². The molecule has 3 aromatic rings. The van der Waals surface area contributed by atoms with Crippen molar-refractivity contribution in [1.82, 2.24) is 5.32 Å². The molecule has 3 amide bonds. The molecule has 0 unspecified atom stereocenters. The molecule has 0 atom stereocenters. The largest absolute Gasteiger partial charge is 0.494 e. The lowest BCUT2D eigenvalue weighted by Gasteiger charge is -2.32. The van der Waals surface area contributed by atoms with Gasteiger partial charge in [0.15, 0.2) is 0 Å². The summed E-state index contributed by atoms with van der Waals surface area (Å²) in [6.07, 6.45) is 0.924. The number of rotatable bonds is 8. The fourth-order valence-corrected chi connectivity index (χ4v) is 4.26. The van der Waals surface area contributed by atoms with Gasteiger partial charge in [-0.3, -0.25) is 4.79 Å². The molecule has 0 aliphatic carbocycles. The van der Waals surface area contributed by atoms with Gasteiger partial charge in [0, 0.05) is 36.7 Å².